The minimum absolute atomic E-state index is 1.32. The Bertz CT molecular complexity index is 107. The average molecular weight is 224 g/mol. The van der Waals surface area contributed by atoms with Crippen LogP contribution in [0.15, 0.2) is 0 Å². The first-order valence-electron chi connectivity index (χ1n) is 4.26. The highest BCUT2D eigenvalue weighted by Crippen LogP contribution is 2.29. The molecule has 0 saturated heterocycles. The van der Waals surface area contributed by atoms with Crippen LogP contribution >= 0.6 is 0 Å². The summed E-state index contributed by atoms with van der Waals surface area (Å²) in [5.41, 5.74) is 0. The van der Waals surface area contributed by atoms with Crippen LogP contribution in [0.1, 0.15) is 39.5 Å². The largest absolute Gasteiger partial charge is 0.389 e. The topological polar surface area (TPSA) is 0 Å². The minimum atomic E-state index is -4.71. The van der Waals surface area contributed by atoms with Gasteiger partial charge in [0, 0.05) is 0 Å². The average Bonchev–Trinajstić information content (AvgIpc) is 1.99. The molecule has 0 rings (SSSR count). The predicted octanol–water partition coefficient (Wildman–Crippen LogP) is 4.70. The van der Waals surface area contributed by atoms with E-state index in [9.17, 15) is 26.3 Å². The van der Waals surface area contributed by atoms with Crippen molar-refractivity contribution in [2.24, 2.45) is 0 Å². The quantitative estimate of drug-likeness (QED) is 0.596. The second kappa shape index (κ2) is 6.95. The normalized spacial score (nSPS) is 12.0. The van der Waals surface area contributed by atoms with Gasteiger partial charge in [0.15, 0.2) is 0 Å². The fraction of sp³-hybridized carbons (Fsp3) is 1.00. The molecule has 0 bridgehead atoms. The second-order valence-electron chi connectivity index (χ2n) is 2.73. The molecule has 0 nitrogen and oxygen atoms in total. The van der Waals surface area contributed by atoms with E-state index in [1.54, 1.807) is 0 Å². The van der Waals surface area contributed by atoms with Crippen molar-refractivity contribution in [1.82, 2.24) is 0 Å². The maximum atomic E-state index is 11.1. The van der Waals surface area contributed by atoms with Crippen LogP contribution in [0.2, 0.25) is 0 Å². The van der Waals surface area contributed by atoms with Gasteiger partial charge in [-0.15, -0.1) is 0 Å². The first kappa shape index (κ1) is 16.0. The van der Waals surface area contributed by atoms with Gasteiger partial charge in [-0.2, -0.15) is 26.3 Å². The summed E-state index contributed by atoms with van der Waals surface area (Å²) in [7, 11) is 0. The van der Waals surface area contributed by atoms with Gasteiger partial charge in [0.1, 0.15) is 0 Å². The van der Waals surface area contributed by atoms with E-state index in [0.717, 1.165) is 0 Å². The number of hydrogen-bond donors (Lipinski definition) is 0. The highest BCUT2D eigenvalue weighted by atomic mass is 19.4. The molecular weight excluding hydrogens is 210 g/mol. The molecule has 0 saturated carbocycles. The number of halogens is 6. The molecule has 0 atom stereocenters. The molecule has 0 aliphatic heterocycles. The molecule has 0 radical (unpaired) electrons. The van der Waals surface area contributed by atoms with Crippen LogP contribution in [-0.2, 0) is 0 Å². The summed E-state index contributed by atoms with van der Waals surface area (Å²) >= 11 is 0. The molecule has 0 amide bonds. The van der Waals surface area contributed by atoms with Crippen molar-refractivity contribution in [2.75, 3.05) is 0 Å². The van der Waals surface area contributed by atoms with Gasteiger partial charge in [-0.1, -0.05) is 26.7 Å². The van der Waals surface area contributed by atoms with Gasteiger partial charge in [-0.25, -0.2) is 0 Å². The van der Waals surface area contributed by atoms with Crippen molar-refractivity contribution in [3.05, 3.63) is 0 Å². The Balaban J connectivity index is 0. The monoisotopic (exact) mass is 224 g/mol. The first-order valence-corrected chi connectivity index (χ1v) is 4.26. The Kier molecular flexibility index (Phi) is 7.96. The molecule has 0 aromatic rings. The molecule has 88 valence electrons. The molecule has 0 spiro atoms. The molecule has 0 fully saturated rings. The SMILES string of the molecule is CCCC.FC(F)(F)CCC(F)(F)F. The van der Waals surface area contributed by atoms with Gasteiger partial charge in [0.2, 0.25) is 0 Å². The van der Waals surface area contributed by atoms with Gasteiger partial charge in [-0.3, -0.25) is 0 Å². The summed E-state index contributed by atoms with van der Waals surface area (Å²) in [6.07, 6.45) is -10.4. The van der Waals surface area contributed by atoms with Crippen molar-refractivity contribution in [3.8, 4) is 0 Å². The van der Waals surface area contributed by atoms with Crippen LogP contribution in [-0.4, -0.2) is 12.4 Å². The third-order valence-corrected chi connectivity index (χ3v) is 1.19. The summed E-state index contributed by atoms with van der Waals surface area (Å²) in [5, 5.41) is 0. The van der Waals surface area contributed by atoms with Crippen LogP contribution < -0.4 is 0 Å². The number of alkyl halides is 6. The molecule has 0 aliphatic carbocycles. The lowest BCUT2D eigenvalue weighted by molar-refractivity contribution is -0.183. The van der Waals surface area contributed by atoms with Crippen LogP contribution in [0.4, 0.5) is 26.3 Å². The highest BCUT2D eigenvalue weighted by Gasteiger charge is 2.36. The summed E-state index contributed by atoms with van der Waals surface area (Å²) in [4.78, 5) is 0. The number of rotatable bonds is 2. The Hall–Kier alpha value is -0.420. The molecule has 0 aromatic carbocycles. The summed E-state index contributed by atoms with van der Waals surface area (Å²) in [6.45, 7) is 4.36. The maximum absolute atomic E-state index is 11.1. The summed E-state index contributed by atoms with van der Waals surface area (Å²) in [6, 6.07) is 0. The maximum Gasteiger partial charge on any atom is 0.389 e. The fourth-order valence-corrected chi connectivity index (χ4v) is 0.283. The van der Waals surface area contributed by atoms with Crippen molar-refractivity contribution >= 4 is 0 Å². The van der Waals surface area contributed by atoms with E-state index in [2.05, 4.69) is 13.8 Å². The van der Waals surface area contributed by atoms with Gasteiger partial charge < -0.3 is 0 Å². The van der Waals surface area contributed by atoms with E-state index in [4.69, 9.17) is 0 Å². The van der Waals surface area contributed by atoms with Crippen LogP contribution in [0.5, 0.6) is 0 Å². The third kappa shape index (κ3) is 22.6. The van der Waals surface area contributed by atoms with Crippen LogP contribution in [0.3, 0.4) is 0 Å². The van der Waals surface area contributed by atoms with Gasteiger partial charge in [-0.05, 0) is 0 Å². The van der Waals surface area contributed by atoms with Crippen molar-refractivity contribution in [3.63, 3.8) is 0 Å². The third-order valence-electron chi connectivity index (χ3n) is 1.19. The van der Waals surface area contributed by atoms with Gasteiger partial charge in [0.05, 0.1) is 12.8 Å². The van der Waals surface area contributed by atoms with Gasteiger partial charge in [0.25, 0.3) is 0 Å². The van der Waals surface area contributed by atoms with Crippen molar-refractivity contribution < 1.29 is 26.3 Å². The molecule has 0 aliphatic rings. The van der Waals surface area contributed by atoms with E-state index in [-0.39, 0.29) is 0 Å². The zero-order valence-electron chi connectivity index (χ0n) is 8.10. The lowest BCUT2D eigenvalue weighted by atomic mass is 10.3. The molecular formula is C8H14F6. The first-order chi connectivity index (χ1) is 6.12. The van der Waals surface area contributed by atoms with E-state index in [1.807, 2.05) is 0 Å². The van der Waals surface area contributed by atoms with Crippen molar-refractivity contribution in [2.45, 2.75) is 51.9 Å². The smallest absolute Gasteiger partial charge is 0.171 e. The predicted molar refractivity (Wildman–Crippen MR) is 41.9 cm³/mol. The second-order valence-corrected chi connectivity index (χ2v) is 2.73. The van der Waals surface area contributed by atoms with E-state index < -0.39 is 25.2 Å². The van der Waals surface area contributed by atoms with E-state index >= 15 is 0 Å². The van der Waals surface area contributed by atoms with Crippen LogP contribution in [0.25, 0.3) is 0 Å². The highest BCUT2D eigenvalue weighted by molar-refractivity contribution is 4.56. The molecule has 6 heteroatoms. The lowest BCUT2D eigenvalue weighted by Crippen LogP contribution is -2.15. The van der Waals surface area contributed by atoms with E-state index in [0.29, 0.717) is 0 Å². The molecule has 0 aromatic heterocycles. The molecule has 14 heavy (non-hydrogen) atoms. The summed E-state index contributed by atoms with van der Waals surface area (Å²) < 4.78 is 66.5. The fourth-order valence-electron chi connectivity index (χ4n) is 0.283. The number of unbranched alkanes of at least 4 members (excludes halogenated alkanes) is 1. The summed E-state index contributed by atoms with van der Waals surface area (Å²) in [5.74, 6) is 0. The van der Waals surface area contributed by atoms with E-state index in [1.165, 1.54) is 12.8 Å². The van der Waals surface area contributed by atoms with Gasteiger partial charge >= 0.3 is 12.4 Å². The zero-order chi connectivity index (χ0) is 11.8. The van der Waals surface area contributed by atoms with Crippen LogP contribution in [0, 0.1) is 0 Å². The minimum Gasteiger partial charge on any atom is -0.171 e. The molecule has 0 N–H and O–H groups in total. The Labute approximate surface area is 79.3 Å². The zero-order valence-corrected chi connectivity index (χ0v) is 8.10. The standard InChI is InChI=1S/C4H4F6.C4H10/c5-3(6,7)1-2-4(8,9)10;1-3-4-2/h1-2H2;3-4H2,1-2H3. The Morgan fingerprint density at radius 1 is 0.643 bits per heavy atom. The number of hydrogen-bond acceptors (Lipinski definition) is 0. The molecule has 0 unspecified atom stereocenters. The lowest BCUT2D eigenvalue weighted by Gasteiger charge is -2.07. The molecule has 0 heterocycles. The Morgan fingerprint density at radius 2 is 0.857 bits per heavy atom. The Morgan fingerprint density at radius 3 is 0.929 bits per heavy atom. The van der Waals surface area contributed by atoms with Crippen molar-refractivity contribution in [1.29, 1.82) is 0 Å².